The first-order valence-corrected chi connectivity index (χ1v) is 8.61. The molecule has 2 aliphatic rings. The third-order valence-electron chi connectivity index (χ3n) is 4.65. The van der Waals surface area contributed by atoms with Gasteiger partial charge in [-0.3, -0.25) is 4.79 Å². The predicted molar refractivity (Wildman–Crippen MR) is 96.1 cm³/mol. The van der Waals surface area contributed by atoms with Crippen LogP contribution in [0.2, 0.25) is 0 Å². The average molecular weight is 355 g/mol. The Balaban J connectivity index is 0.00000208. The molecule has 0 saturated carbocycles. The molecule has 3 atom stereocenters. The minimum Gasteiger partial charge on any atom is -0.491 e. The minimum absolute atomic E-state index is 0. The molecule has 0 aliphatic carbocycles. The van der Waals surface area contributed by atoms with Gasteiger partial charge in [-0.15, -0.1) is 12.4 Å². The van der Waals surface area contributed by atoms with Gasteiger partial charge >= 0.3 is 0 Å². The molecule has 0 radical (unpaired) electrons. The van der Waals surface area contributed by atoms with Crippen molar-refractivity contribution < 1.29 is 14.3 Å². The van der Waals surface area contributed by atoms with Crippen molar-refractivity contribution in [3.05, 3.63) is 29.8 Å². The van der Waals surface area contributed by atoms with Gasteiger partial charge in [0.05, 0.1) is 6.10 Å². The van der Waals surface area contributed by atoms with E-state index in [-0.39, 0.29) is 30.5 Å². The summed E-state index contributed by atoms with van der Waals surface area (Å²) in [4.78, 5) is 12.3. The monoisotopic (exact) mass is 354 g/mol. The highest BCUT2D eigenvalue weighted by molar-refractivity contribution is 5.94. The van der Waals surface area contributed by atoms with Gasteiger partial charge in [-0.2, -0.15) is 0 Å². The van der Waals surface area contributed by atoms with Crippen LogP contribution >= 0.6 is 12.4 Å². The molecule has 1 aromatic rings. The van der Waals surface area contributed by atoms with Gasteiger partial charge in [-0.25, -0.2) is 0 Å². The first-order valence-electron chi connectivity index (χ1n) is 8.61. The van der Waals surface area contributed by atoms with E-state index in [0.29, 0.717) is 18.2 Å². The van der Waals surface area contributed by atoms with Crippen molar-refractivity contribution in [3.8, 4) is 5.75 Å². The zero-order valence-electron chi connectivity index (χ0n) is 14.1. The van der Waals surface area contributed by atoms with Crippen molar-refractivity contribution in [3.63, 3.8) is 0 Å². The molecule has 24 heavy (non-hydrogen) atoms. The van der Waals surface area contributed by atoms with E-state index in [1.807, 2.05) is 24.3 Å². The second kappa shape index (κ2) is 9.25. The van der Waals surface area contributed by atoms with Gasteiger partial charge in [0.15, 0.2) is 0 Å². The van der Waals surface area contributed by atoms with Crippen molar-refractivity contribution in [1.29, 1.82) is 0 Å². The second-order valence-electron chi connectivity index (χ2n) is 6.44. The molecule has 1 amide bonds. The maximum Gasteiger partial charge on any atom is 0.251 e. The number of carbonyl (C=O) groups is 1. The van der Waals surface area contributed by atoms with Crippen LogP contribution in [0.3, 0.4) is 0 Å². The van der Waals surface area contributed by atoms with Gasteiger partial charge < -0.3 is 20.1 Å². The van der Waals surface area contributed by atoms with Crippen LogP contribution in [0.25, 0.3) is 0 Å². The van der Waals surface area contributed by atoms with Crippen molar-refractivity contribution in [2.75, 3.05) is 19.8 Å². The molecule has 2 aliphatic heterocycles. The fourth-order valence-corrected chi connectivity index (χ4v) is 3.16. The summed E-state index contributed by atoms with van der Waals surface area (Å²) in [5.74, 6) is 0.765. The number of amides is 1. The van der Waals surface area contributed by atoms with Crippen molar-refractivity contribution in [2.24, 2.45) is 0 Å². The Bertz CT molecular complexity index is 518. The van der Waals surface area contributed by atoms with E-state index in [0.717, 1.165) is 44.6 Å². The average Bonchev–Trinajstić information content (AvgIpc) is 3.09. The molecule has 0 spiro atoms. The van der Waals surface area contributed by atoms with E-state index >= 15 is 0 Å². The second-order valence-corrected chi connectivity index (χ2v) is 6.44. The summed E-state index contributed by atoms with van der Waals surface area (Å²) in [6.45, 7) is 4.56. The normalized spacial score (nSPS) is 26.5. The van der Waals surface area contributed by atoms with Gasteiger partial charge in [0.1, 0.15) is 12.4 Å². The maximum absolute atomic E-state index is 12.3. The standard InChI is InChI=1S/C18H26N2O3.ClH/c1-13-17(5-2-10-19-13)20-18(21)14-6-8-15(9-7-14)23-12-16-4-3-11-22-16;/h6-9,13,16-17,19H,2-5,10-12H2,1H3,(H,20,21);1H. The van der Waals surface area contributed by atoms with Crippen LogP contribution in [-0.2, 0) is 4.74 Å². The van der Waals surface area contributed by atoms with Crippen molar-refractivity contribution in [2.45, 2.75) is 50.8 Å². The van der Waals surface area contributed by atoms with E-state index in [9.17, 15) is 4.79 Å². The molecule has 134 valence electrons. The molecular formula is C18H27ClN2O3. The molecule has 2 N–H and O–H groups in total. The fourth-order valence-electron chi connectivity index (χ4n) is 3.16. The quantitative estimate of drug-likeness (QED) is 0.853. The Hall–Kier alpha value is -1.30. The van der Waals surface area contributed by atoms with Crippen LogP contribution < -0.4 is 15.4 Å². The maximum atomic E-state index is 12.3. The molecule has 0 aromatic heterocycles. The first kappa shape index (κ1) is 19.0. The summed E-state index contributed by atoms with van der Waals surface area (Å²) in [7, 11) is 0. The lowest BCUT2D eigenvalue weighted by atomic mass is 9.99. The molecular weight excluding hydrogens is 328 g/mol. The Morgan fingerprint density at radius 1 is 1.29 bits per heavy atom. The smallest absolute Gasteiger partial charge is 0.251 e. The number of nitrogens with one attached hydrogen (secondary N) is 2. The van der Waals surface area contributed by atoms with Gasteiger partial charge in [-0.1, -0.05) is 0 Å². The number of ether oxygens (including phenoxy) is 2. The lowest BCUT2D eigenvalue weighted by Gasteiger charge is -2.30. The zero-order chi connectivity index (χ0) is 16.1. The highest BCUT2D eigenvalue weighted by Crippen LogP contribution is 2.17. The molecule has 2 heterocycles. The number of piperidine rings is 1. The van der Waals surface area contributed by atoms with Crippen LogP contribution in [0.5, 0.6) is 5.75 Å². The number of carbonyl (C=O) groups excluding carboxylic acids is 1. The van der Waals surface area contributed by atoms with E-state index in [2.05, 4.69) is 17.6 Å². The number of hydrogen-bond acceptors (Lipinski definition) is 4. The third-order valence-corrected chi connectivity index (χ3v) is 4.65. The fraction of sp³-hybridized carbons (Fsp3) is 0.611. The van der Waals surface area contributed by atoms with E-state index in [1.165, 1.54) is 0 Å². The molecule has 2 fully saturated rings. The lowest BCUT2D eigenvalue weighted by molar-refractivity contribution is 0.0679. The van der Waals surface area contributed by atoms with Crippen LogP contribution in [-0.4, -0.2) is 43.9 Å². The van der Waals surface area contributed by atoms with Crippen molar-refractivity contribution in [1.82, 2.24) is 10.6 Å². The first-order chi connectivity index (χ1) is 11.2. The molecule has 3 rings (SSSR count). The summed E-state index contributed by atoms with van der Waals surface area (Å²) in [6, 6.07) is 7.87. The molecule has 1 aromatic carbocycles. The lowest BCUT2D eigenvalue weighted by Crippen LogP contribution is -2.51. The van der Waals surface area contributed by atoms with Crippen molar-refractivity contribution >= 4 is 18.3 Å². The number of hydrogen-bond donors (Lipinski definition) is 2. The highest BCUT2D eigenvalue weighted by Gasteiger charge is 2.22. The molecule has 6 heteroatoms. The number of rotatable bonds is 5. The van der Waals surface area contributed by atoms with E-state index in [1.54, 1.807) is 0 Å². The Labute approximate surface area is 149 Å². The topological polar surface area (TPSA) is 59.6 Å². The van der Waals surface area contributed by atoms with Gasteiger partial charge in [0.25, 0.3) is 5.91 Å². The van der Waals surface area contributed by atoms with Crippen LogP contribution in [0.4, 0.5) is 0 Å². The molecule has 3 unspecified atom stereocenters. The van der Waals surface area contributed by atoms with Gasteiger partial charge in [-0.05, 0) is 63.4 Å². The van der Waals surface area contributed by atoms with Gasteiger partial charge in [0, 0.05) is 24.3 Å². The number of benzene rings is 1. The summed E-state index contributed by atoms with van der Waals surface area (Å²) in [5.41, 5.74) is 0.673. The van der Waals surface area contributed by atoms with Crippen LogP contribution in [0.15, 0.2) is 24.3 Å². The summed E-state index contributed by atoms with van der Waals surface area (Å²) >= 11 is 0. The largest absolute Gasteiger partial charge is 0.491 e. The van der Waals surface area contributed by atoms with Crippen LogP contribution in [0.1, 0.15) is 43.0 Å². The molecule has 0 bridgehead atoms. The SMILES string of the molecule is CC1NCCCC1NC(=O)c1ccc(OCC2CCCO2)cc1.Cl. The summed E-state index contributed by atoms with van der Waals surface area (Å²) in [6.07, 6.45) is 4.52. The highest BCUT2D eigenvalue weighted by atomic mass is 35.5. The van der Waals surface area contributed by atoms with Gasteiger partial charge in [0.2, 0.25) is 0 Å². The zero-order valence-corrected chi connectivity index (χ0v) is 14.9. The Morgan fingerprint density at radius 3 is 2.75 bits per heavy atom. The summed E-state index contributed by atoms with van der Waals surface area (Å²) < 4.78 is 11.3. The van der Waals surface area contributed by atoms with Crippen LogP contribution in [0, 0.1) is 0 Å². The molecule has 5 nitrogen and oxygen atoms in total. The number of halogens is 1. The Kier molecular flexibility index (Phi) is 7.34. The van der Waals surface area contributed by atoms with E-state index in [4.69, 9.17) is 9.47 Å². The van der Waals surface area contributed by atoms with E-state index < -0.39 is 0 Å². The Morgan fingerprint density at radius 2 is 2.08 bits per heavy atom. The molecule has 2 saturated heterocycles. The predicted octanol–water partition coefficient (Wildman–Crippen LogP) is 2.54. The summed E-state index contributed by atoms with van der Waals surface area (Å²) in [5, 5.41) is 6.51. The minimum atomic E-state index is -0.0174. The third kappa shape index (κ3) is 5.10.